The lowest BCUT2D eigenvalue weighted by Gasteiger charge is -2.19. The Bertz CT molecular complexity index is 640. The van der Waals surface area contributed by atoms with Crippen LogP contribution < -0.4 is 5.56 Å². The number of aryl methyl sites for hydroxylation is 1. The molecule has 21 heavy (non-hydrogen) atoms. The molecule has 0 bridgehead atoms. The molecule has 0 fully saturated rings. The number of amides is 1. The van der Waals surface area contributed by atoms with Crippen LogP contribution in [0.15, 0.2) is 10.9 Å². The molecular weight excluding hydrogens is 266 g/mol. The maximum atomic E-state index is 12.3. The zero-order chi connectivity index (χ0) is 15.4. The number of hydrogen-bond donors (Lipinski definition) is 0. The predicted molar refractivity (Wildman–Crippen MR) is 80.0 cm³/mol. The maximum Gasteiger partial charge on any atom is 0.269 e. The van der Waals surface area contributed by atoms with Gasteiger partial charge in [0.05, 0.1) is 0 Å². The second kappa shape index (κ2) is 6.57. The van der Waals surface area contributed by atoms with Gasteiger partial charge in [0.1, 0.15) is 18.2 Å². The summed E-state index contributed by atoms with van der Waals surface area (Å²) < 4.78 is 1.51. The minimum Gasteiger partial charge on any atom is -0.344 e. The summed E-state index contributed by atoms with van der Waals surface area (Å²) in [6, 6.07) is 3.63. The SMILES string of the molecule is CCCCN(C)C(=O)Cn1c2c(cc(C#N)c1=O)CCC2. The summed E-state index contributed by atoms with van der Waals surface area (Å²) in [6.45, 7) is 2.81. The van der Waals surface area contributed by atoms with Crippen molar-refractivity contribution < 1.29 is 4.79 Å². The summed E-state index contributed by atoms with van der Waals surface area (Å²) in [6.07, 6.45) is 4.64. The van der Waals surface area contributed by atoms with Crippen molar-refractivity contribution >= 4 is 5.91 Å². The lowest BCUT2D eigenvalue weighted by Crippen LogP contribution is -2.36. The number of aromatic nitrogens is 1. The first-order valence-electron chi connectivity index (χ1n) is 7.48. The summed E-state index contributed by atoms with van der Waals surface area (Å²) in [4.78, 5) is 26.2. The summed E-state index contributed by atoms with van der Waals surface area (Å²) >= 11 is 0. The van der Waals surface area contributed by atoms with E-state index in [1.54, 1.807) is 18.0 Å². The summed E-state index contributed by atoms with van der Waals surface area (Å²) in [7, 11) is 1.76. The molecule has 0 aromatic carbocycles. The number of carbonyl (C=O) groups is 1. The molecule has 0 unspecified atom stereocenters. The Kier molecular flexibility index (Phi) is 4.79. The van der Waals surface area contributed by atoms with Gasteiger partial charge in [-0.25, -0.2) is 0 Å². The fourth-order valence-electron chi connectivity index (χ4n) is 2.74. The van der Waals surface area contributed by atoms with Crippen LogP contribution in [0.2, 0.25) is 0 Å². The van der Waals surface area contributed by atoms with E-state index in [2.05, 4.69) is 6.92 Å². The van der Waals surface area contributed by atoms with Crippen LogP contribution >= 0.6 is 0 Å². The number of pyridine rings is 1. The van der Waals surface area contributed by atoms with Crippen molar-refractivity contribution in [2.45, 2.75) is 45.6 Å². The summed E-state index contributed by atoms with van der Waals surface area (Å²) in [5.41, 5.74) is 1.77. The average Bonchev–Trinajstić information content (AvgIpc) is 2.95. The lowest BCUT2D eigenvalue weighted by molar-refractivity contribution is -0.130. The van der Waals surface area contributed by atoms with Crippen molar-refractivity contribution in [1.29, 1.82) is 5.26 Å². The van der Waals surface area contributed by atoms with Crippen LogP contribution in [0, 0.1) is 11.3 Å². The number of hydrogen-bond acceptors (Lipinski definition) is 3. The first kappa shape index (κ1) is 15.3. The molecule has 1 amide bonds. The Labute approximate surface area is 124 Å². The fourth-order valence-corrected chi connectivity index (χ4v) is 2.74. The minimum absolute atomic E-state index is 0.0386. The van der Waals surface area contributed by atoms with E-state index in [0.717, 1.165) is 43.4 Å². The highest BCUT2D eigenvalue weighted by molar-refractivity contribution is 5.75. The second-order valence-corrected chi connectivity index (χ2v) is 5.56. The molecule has 1 aromatic rings. The number of likely N-dealkylation sites (N-methyl/N-ethyl adjacent to an activating group) is 1. The Morgan fingerprint density at radius 3 is 2.90 bits per heavy atom. The zero-order valence-corrected chi connectivity index (χ0v) is 12.7. The molecule has 0 saturated carbocycles. The topological polar surface area (TPSA) is 66.1 Å². The van der Waals surface area contributed by atoms with Gasteiger partial charge >= 0.3 is 0 Å². The lowest BCUT2D eigenvalue weighted by atomic mass is 10.1. The standard InChI is InChI=1S/C16H21N3O2/c1-3-4-8-18(2)15(20)11-19-14-7-5-6-12(14)9-13(10-17)16(19)21/h9H,3-8,11H2,1-2H3. The molecule has 0 atom stereocenters. The van der Waals surface area contributed by atoms with E-state index in [4.69, 9.17) is 5.26 Å². The van der Waals surface area contributed by atoms with Crippen LogP contribution in [-0.2, 0) is 24.2 Å². The minimum atomic E-state index is -0.338. The van der Waals surface area contributed by atoms with E-state index in [1.165, 1.54) is 4.57 Å². The van der Waals surface area contributed by atoms with Crippen LogP contribution in [0.3, 0.4) is 0 Å². The largest absolute Gasteiger partial charge is 0.344 e. The number of rotatable bonds is 5. The molecule has 5 nitrogen and oxygen atoms in total. The summed E-state index contributed by atoms with van der Waals surface area (Å²) in [5.74, 6) is -0.0743. The van der Waals surface area contributed by atoms with Crippen LogP contribution in [0.25, 0.3) is 0 Å². The van der Waals surface area contributed by atoms with Crippen molar-refractivity contribution in [3.05, 3.63) is 33.2 Å². The van der Waals surface area contributed by atoms with Gasteiger partial charge in [0.2, 0.25) is 5.91 Å². The van der Waals surface area contributed by atoms with Gasteiger partial charge in [0, 0.05) is 19.3 Å². The van der Waals surface area contributed by atoms with Gasteiger partial charge < -0.3 is 9.47 Å². The van der Waals surface area contributed by atoms with Crippen LogP contribution in [0.4, 0.5) is 0 Å². The zero-order valence-electron chi connectivity index (χ0n) is 12.7. The third-order valence-corrected chi connectivity index (χ3v) is 4.04. The smallest absolute Gasteiger partial charge is 0.269 e. The number of unbranched alkanes of at least 4 members (excludes halogenated alkanes) is 1. The van der Waals surface area contributed by atoms with Gasteiger partial charge in [-0.3, -0.25) is 9.59 Å². The van der Waals surface area contributed by atoms with Gasteiger partial charge in [-0.15, -0.1) is 0 Å². The van der Waals surface area contributed by atoms with Gasteiger partial charge in [0.25, 0.3) is 5.56 Å². The number of carbonyl (C=O) groups excluding carboxylic acids is 1. The molecule has 1 aliphatic rings. The first-order chi connectivity index (χ1) is 10.1. The molecule has 1 aliphatic carbocycles. The van der Waals surface area contributed by atoms with E-state index in [-0.39, 0.29) is 23.6 Å². The quantitative estimate of drug-likeness (QED) is 0.823. The van der Waals surface area contributed by atoms with Crippen molar-refractivity contribution in [2.75, 3.05) is 13.6 Å². The van der Waals surface area contributed by atoms with Crippen molar-refractivity contribution in [1.82, 2.24) is 9.47 Å². The molecule has 0 aliphatic heterocycles. The van der Waals surface area contributed by atoms with Crippen LogP contribution in [0.1, 0.15) is 43.0 Å². The highest BCUT2D eigenvalue weighted by atomic mass is 16.2. The van der Waals surface area contributed by atoms with Crippen LogP contribution in [-0.4, -0.2) is 29.0 Å². The molecular formula is C16H21N3O2. The highest BCUT2D eigenvalue weighted by Crippen LogP contribution is 2.21. The average molecular weight is 287 g/mol. The third kappa shape index (κ3) is 3.15. The van der Waals surface area contributed by atoms with Crippen LogP contribution in [0.5, 0.6) is 0 Å². The molecule has 0 N–H and O–H groups in total. The Hall–Kier alpha value is -2.09. The Morgan fingerprint density at radius 2 is 2.24 bits per heavy atom. The molecule has 5 heteroatoms. The molecule has 1 heterocycles. The Morgan fingerprint density at radius 1 is 1.48 bits per heavy atom. The second-order valence-electron chi connectivity index (χ2n) is 5.56. The molecule has 1 aromatic heterocycles. The fraction of sp³-hybridized carbons (Fsp3) is 0.562. The van der Waals surface area contributed by atoms with Crippen molar-refractivity contribution in [3.63, 3.8) is 0 Å². The number of fused-ring (bicyclic) bond motifs is 1. The summed E-state index contributed by atoms with van der Waals surface area (Å²) in [5, 5.41) is 9.07. The maximum absolute atomic E-state index is 12.3. The highest BCUT2D eigenvalue weighted by Gasteiger charge is 2.21. The molecule has 0 saturated heterocycles. The number of nitrogens with zero attached hydrogens (tertiary/aromatic N) is 3. The van der Waals surface area contributed by atoms with E-state index in [0.29, 0.717) is 6.54 Å². The van der Waals surface area contributed by atoms with Gasteiger partial charge in [-0.2, -0.15) is 5.26 Å². The van der Waals surface area contributed by atoms with Crippen molar-refractivity contribution in [2.24, 2.45) is 0 Å². The van der Waals surface area contributed by atoms with E-state index < -0.39 is 0 Å². The van der Waals surface area contributed by atoms with Gasteiger partial charge in [-0.05, 0) is 37.3 Å². The Balaban J connectivity index is 2.28. The molecule has 0 radical (unpaired) electrons. The van der Waals surface area contributed by atoms with Gasteiger partial charge in [0.15, 0.2) is 0 Å². The van der Waals surface area contributed by atoms with E-state index in [1.807, 2.05) is 6.07 Å². The first-order valence-corrected chi connectivity index (χ1v) is 7.48. The molecule has 112 valence electrons. The molecule has 0 spiro atoms. The molecule has 2 rings (SSSR count). The van der Waals surface area contributed by atoms with Crippen molar-refractivity contribution in [3.8, 4) is 6.07 Å². The third-order valence-electron chi connectivity index (χ3n) is 4.04. The monoisotopic (exact) mass is 287 g/mol. The van der Waals surface area contributed by atoms with Gasteiger partial charge in [-0.1, -0.05) is 13.3 Å². The van der Waals surface area contributed by atoms with E-state index >= 15 is 0 Å². The number of nitriles is 1. The van der Waals surface area contributed by atoms with E-state index in [9.17, 15) is 9.59 Å². The normalized spacial score (nSPS) is 12.8. The predicted octanol–water partition coefficient (Wildman–Crippen LogP) is 1.47.